The molecule has 0 saturated heterocycles. The maximum absolute atomic E-state index is 13.1. The van der Waals surface area contributed by atoms with E-state index in [-0.39, 0.29) is 17.9 Å². The third-order valence-electron chi connectivity index (χ3n) is 5.66. The second-order valence-electron chi connectivity index (χ2n) is 8.17. The molecule has 1 unspecified atom stereocenters. The van der Waals surface area contributed by atoms with Crippen LogP contribution in [-0.4, -0.2) is 34.2 Å². The van der Waals surface area contributed by atoms with Crippen LogP contribution >= 0.6 is 0 Å². The van der Waals surface area contributed by atoms with Gasteiger partial charge in [-0.2, -0.15) is 5.10 Å². The number of hydrogen-bond acceptors (Lipinski definition) is 3. The van der Waals surface area contributed by atoms with Crippen molar-refractivity contribution < 1.29 is 9.59 Å². The normalized spacial score (nSPS) is 19.1. The van der Waals surface area contributed by atoms with E-state index in [9.17, 15) is 9.59 Å². The number of amides is 2. The summed E-state index contributed by atoms with van der Waals surface area (Å²) in [5.41, 5.74) is 2.19. The summed E-state index contributed by atoms with van der Waals surface area (Å²) in [6.07, 6.45) is 6.24. The molecule has 1 N–H and O–H groups in total. The van der Waals surface area contributed by atoms with E-state index in [4.69, 9.17) is 0 Å². The zero-order valence-electron chi connectivity index (χ0n) is 16.4. The lowest BCUT2D eigenvalue weighted by atomic mass is 9.96. The molecule has 6 nitrogen and oxygen atoms in total. The molecule has 2 heterocycles. The highest BCUT2D eigenvalue weighted by atomic mass is 16.2. The molecule has 28 heavy (non-hydrogen) atoms. The van der Waals surface area contributed by atoms with Gasteiger partial charge in [-0.25, -0.2) is 0 Å². The molecule has 2 aromatic rings. The monoisotopic (exact) mass is 378 g/mol. The first kappa shape index (κ1) is 18.5. The fourth-order valence-electron chi connectivity index (χ4n) is 3.72. The number of aromatic nitrogens is 2. The molecule has 1 aromatic carbocycles. The van der Waals surface area contributed by atoms with E-state index < -0.39 is 5.54 Å². The van der Waals surface area contributed by atoms with Crippen molar-refractivity contribution in [1.82, 2.24) is 15.1 Å². The van der Waals surface area contributed by atoms with Crippen LogP contribution in [-0.2, 0) is 21.5 Å². The van der Waals surface area contributed by atoms with Gasteiger partial charge < -0.3 is 10.2 Å². The molecule has 1 atom stereocenters. The minimum Gasteiger partial charge on any atom is -0.349 e. The Morgan fingerprint density at radius 1 is 1.25 bits per heavy atom. The number of nitrogens with zero attached hydrogens (tertiary/aromatic N) is 3. The number of para-hydroxylation sites is 1. The average molecular weight is 378 g/mol. The minimum atomic E-state index is -0.808. The number of benzene rings is 1. The molecule has 1 aliphatic heterocycles. The van der Waals surface area contributed by atoms with Gasteiger partial charge in [0.1, 0.15) is 5.54 Å². The van der Waals surface area contributed by atoms with Gasteiger partial charge in [-0.15, -0.1) is 0 Å². The molecular weight excluding hydrogens is 352 g/mol. The lowest BCUT2D eigenvalue weighted by molar-refractivity contribution is -0.129. The van der Waals surface area contributed by atoms with E-state index in [0.29, 0.717) is 18.9 Å². The Kier molecular flexibility index (Phi) is 4.57. The molecule has 0 spiro atoms. The zero-order chi connectivity index (χ0) is 19.9. The number of carbonyl (C=O) groups is 2. The van der Waals surface area contributed by atoms with Gasteiger partial charge in [-0.3, -0.25) is 14.3 Å². The van der Waals surface area contributed by atoms with Crippen LogP contribution in [0, 0.1) is 0 Å². The first-order valence-corrected chi connectivity index (χ1v) is 9.79. The van der Waals surface area contributed by atoms with Gasteiger partial charge in [0.2, 0.25) is 11.8 Å². The van der Waals surface area contributed by atoms with Gasteiger partial charge >= 0.3 is 0 Å². The van der Waals surface area contributed by atoms with Crippen LogP contribution in [0.2, 0.25) is 0 Å². The van der Waals surface area contributed by atoms with Crippen molar-refractivity contribution in [2.75, 3.05) is 11.4 Å². The summed E-state index contributed by atoms with van der Waals surface area (Å²) >= 11 is 0. The maximum Gasteiger partial charge on any atom is 0.250 e. The van der Waals surface area contributed by atoms with Crippen molar-refractivity contribution in [3.63, 3.8) is 0 Å². The number of carbonyl (C=O) groups excluding carboxylic acids is 2. The Labute approximate surface area is 165 Å². The number of rotatable bonds is 5. The number of fused-ring (bicyclic) bond motifs is 1. The Morgan fingerprint density at radius 2 is 2.00 bits per heavy atom. The predicted molar refractivity (Wildman–Crippen MR) is 108 cm³/mol. The molecule has 2 amide bonds. The Hall–Kier alpha value is -2.89. The summed E-state index contributed by atoms with van der Waals surface area (Å²) in [4.78, 5) is 27.1. The zero-order valence-corrected chi connectivity index (χ0v) is 16.4. The van der Waals surface area contributed by atoms with Gasteiger partial charge in [-0.1, -0.05) is 24.8 Å². The van der Waals surface area contributed by atoms with E-state index in [2.05, 4.69) is 17.0 Å². The molecule has 1 aliphatic carbocycles. The summed E-state index contributed by atoms with van der Waals surface area (Å²) in [7, 11) is 0. The standard InChI is InChI=1S/C22H26N4O2/c1-4-20(27)25-14-17(13-16-7-5-6-8-19(16)25)23-21(28)22(2,3)26-12-11-18(24-26)15-9-10-15/h4-8,11-12,15,17H,1,9-10,13-14H2,2-3H3,(H,23,28). The van der Waals surface area contributed by atoms with Crippen molar-refractivity contribution in [2.45, 2.75) is 50.6 Å². The molecule has 0 bridgehead atoms. The summed E-state index contributed by atoms with van der Waals surface area (Å²) < 4.78 is 1.75. The lowest BCUT2D eigenvalue weighted by Gasteiger charge is -2.36. The van der Waals surface area contributed by atoms with Crippen molar-refractivity contribution in [3.8, 4) is 0 Å². The van der Waals surface area contributed by atoms with Gasteiger partial charge in [0.05, 0.1) is 11.7 Å². The second kappa shape index (κ2) is 6.93. The van der Waals surface area contributed by atoms with Crippen molar-refractivity contribution in [2.24, 2.45) is 0 Å². The van der Waals surface area contributed by atoms with Crippen LogP contribution in [0.15, 0.2) is 49.2 Å². The fraction of sp³-hybridized carbons (Fsp3) is 0.409. The first-order valence-electron chi connectivity index (χ1n) is 9.79. The Morgan fingerprint density at radius 3 is 2.71 bits per heavy atom. The van der Waals surface area contributed by atoms with Crippen LogP contribution in [0.5, 0.6) is 0 Å². The molecule has 0 radical (unpaired) electrons. The molecule has 1 saturated carbocycles. The molecule has 4 rings (SSSR count). The van der Waals surface area contributed by atoms with E-state index >= 15 is 0 Å². The number of anilines is 1. The van der Waals surface area contributed by atoms with Crippen LogP contribution in [0.25, 0.3) is 0 Å². The summed E-state index contributed by atoms with van der Waals surface area (Å²) in [5, 5.41) is 7.76. The largest absolute Gasteiger partial charge is 0.349 e. The maximum atomic E-state index is 13.1. The van der Waals surface area contributed by atoms with Crippen molar-refractivity contribution in [3.05, 3.63) is 60.4 Å². The van der Waals surface area contributed by atoms with Gasteiger partial charge in [0.25, 0.3) is 0 Å². The molecule has 2 aliphatic rings. The number of hydrogen-bond donors (Lipinski definition) is 1. The molecular formula is C22H26N4O2. The van der Waals surface area contributed by atoms with Gasteiger partial charge in [0.15, 0.2) is 0 Å². The van der Waals surface area contributed by atoms with Gasteiger partial charge in [0, 0.05) is 24.3 Å². The molecule has 1 fully saturated rings. The lowest BCUT2D eigenvalue weighted by Crippen LogP contribution is -2.54. The topological polar surface area (TPSA) is 67.2 Å². The first-order chi connectivity index (χ1) is 13.4. The van der Waals surface area contributed by atoms with Crippen molar-refractivity contribution in [1.29, 1.82) is 0 Å². The Balaban J connectivity index is 1.52. The second-order valence-corrected chi connectivity index (χ2v) is 8.17. The molecule has 146 valence electrons. The predicted octanol–water partition coefficient (Wildman–Crippen LogP) is 2.76. The van der Waals surface area contributed by atoms with E-state index in [1.165, 1.54) is 18.9 Å². The fourth-order valence-corrected chi connectivity index (χ4v) is 3.72. The third-order valence-corrected chi connectivity index (χ3v) is 5.66. The SMILES string of the molecule is C=CC(=O)N1CC(NC(=O)C(C)(C)n2ccc(C3CC3)n2)Cc2ccccc21. The summed E-state index contributed by atoms with van der Waals surface area (Å²) in [6.45, 7) is 7.77. The molecule has 1 aromatic heterocycles. The van der Waals surface area contributed by atoms with E-state index in [1.54, 1.807) is 9.58 Å². The van der Waals surface area contributed by atoms with Crippen LogP contribution in [0.3, 0.4) is 0 Å². The van der Waals surface area contributed by atoms with Gasteiger partial charge in [-0.05, 0) is 56.9 Å². The molecule has 6 heteroatoms. The van der Waals surface area contributed by atoms with Crippen LogP contribution in [0.1, 0.15) is 43.9 Å². The summed E-state index contributed by atoms with van der Waals surface area (Å²) in [6, 6.07) is 9.64. The Bertz CT molecular complexity index is 926. The quantitative estimate of drug-likeness (QED) is 0.814. The smallest absolute Gasteiger partial charge is 0.250 e. The number of nitrogens with one attached hydrogen (secondary N) is 1. The van der Waals surface area contributed by atoms with E-state index in [0.717, 1.165) is 16.9 Å². The third kappa shape index (κ3) is 3.35. The van der Waals surface area contributed by atoms with E-state index in [1.807, 2.05) is 50.4 Å². The highest BCUT2D eigenvalue weighted by Gasteiger charge is 2.36. The highest BCUT2D eigenvalue weighted by Crippen LogP contribution is 2.39. The van der Waals surface area contributed by atoms with Crippen molar-refractivity contribution >= 4 is 17.5 Å². The van der Waals surface area contributed by atoms with Crippen LogP contribution in [0.4, 0.5) is 5.69 Å². The summed E-state index contributed by atoms with van der Waals surface area (Å²) in [5.74, 6) is 0.286. The highest BCUT2D eigenvalue weighted by molar-refractivity contribution is 6.02. The van der Waals surface area contributed by atoms with Crippen LogP contribution < -0.4 is 10.2 Å². The average Bonchev–Trinajstić information content (AvgIpc) is 3.42. The minimum absolute atomic E-state index is 0.103.